The molecule has 0 radical (unpaired) electrons. The van der Waals surface area contributed by atoms with Gasteiger partial charge < -0.3 is 10.1 Å². The summed E-state index contributed by atoms with van der Waals surface area (Å²) in [7, 11) is 3.55. The predicted molar refractivity (Wildman–Crippen MR) is 83.7 cm³/mol. The maximum Gasteiger partial charge on any atom is 0.144 e. The van der Waals surface area contributed by atoms with E-state index >= 15 is 0 Å². The second-order valence-corrected chi connectivity index (χ2v) is 5.44. The van der Waals surface area contributed by atoms with E-state index in [0.29, 0.717) is 0 Å². The SMILES string of the molecule is CNc1ccc(-c2nc3ccc(C)nc3s2)cc1OC. The zero-order valence-corrected chi connectivity index (χ0v) is 12.4. The van der Waals surface area contributed by atoms with Crippen LogP contribution in [0.5, 0.6) is 5.75 Å². The Kier molecular flexibility index (Phi) is 3.28. The van der Waals surface area contributed by atoms with E-state index in [4.69, 9.17) is 4.74 Å². The summed E-state index contributed by atoms with van der Waals surface area (Å²) in [6.45, 7) is 1.99. The Morgan fingerprint density at radius 3 is 2.75 bits per heavy atom. The largest absolute Gasteiger partial charge is 0.495 e. The van der Waals surface area contributed by atoms with Gasteiger partial charge in [0.25, 0.3) is 0 Å². The molecule has 0 aliphatic carbocycles. The molecular formula is C15H15N3OS. The number of benzene rings is 1. The standard InChI is InChI=1S/C15H15N3OS/c1-9-4-6-12-15(17-9)20-14(18-12)10-5-7-11(16-2)13(8-10)19-3/h4-8,16H,1-3H3. The molecule has 102 valence electrons. The zero-order chi connectivity index (χ0) is 14.1. The summed E-state index contributed by atoms with van der Waals surface area (Å²) in [5.74, 6) is 0.813. The molecule has 1 aromatic carbocycles. The molecule has 1 N–H and O–H groups in total. The van der Waals surface area contributed by atoms with Crippen molar-refractivity contribution in [3.63, 3.8) is 0 Å². The van der Waals surface area contributed by atoms with Gasteiger partial charge in [-0.1, -0.05) is 11.3 Å². The Morgan fingerprint density at radius 2 is 2.00 bits per heavy atom. The number of fused-ring (bicyclic) bond motifs is 1. The van der Waals surface area contributed by atoms with Gasteiger partial charge in [-0.25, -0.2) is 9.97 Å². The van der Waals surface area contributed by atoms with Crippen LogP contribution in [0.3, 0.4) is 0 Å². The van der Waals surface area contributed by atoms with Crippen LogP contribution in [0.15, 0.2) is 30.3 Å². The van der Waals surface area contributed by atoms with Crippen molar-refractivity contribution in [1.82, 2.24) is 9.97 Å². The molecule has 4 nitrogen and oxygen atoms in total. The fraction of sp³-hybridized carbons (Fsp3) is 0.200. The maximum atomic E-state index is 5.39. The van der Waals surface area contributed by atoms with E-state index < -0.39 is 0 Å². The number of hydrogen-bond donors (Lipinski definition) is 1. The number of thiazole rings is 1. The average Bonchev–Trinajstić information content (AvgIpc) is 2.89. The second-order valence-electron chi connectivity index (χ2n) is 4.46. The molecule has 0 saturated carbocycles. The Hall–Kier alpha value is -2.14. The molecule has 0 amide bonds. The quantitative estimate of drug-likeness (QED) is 0.796. The first-order valence-corrected chi connectivity index (χ1v) is 7.13. The van der Waals surface area contributed by atoms with Gasteiger partial charge in [0.2, 0.25) is 0 Å². The van der Waals surface area contributed by atoms with E-state index in [9.17, 15) is 0 Å². The molecule has 0 atom stereocenters. The van der Waals surface area contributed by atoms with Gasteiger partial charge in [0, 0.05) is 18.3 Å². The van der Waals surface area contributed by atoms with Crippen molar-refractivity contribution >= 4 is 27.4 Å². The molecule has 0 saturated heterocycles. The van der Waals surface area contributed by atoms with Gasteiger partial charge in [-0.3, -0.25) is 0 Å². The molecule has 0 spiro atoms. The minimum absolute atomic E-state index is 0.813. The highest BCUT2D eigenvalue weighted by Gasteiger charge is 2.10. The number of hydrogen-bond acceptors (Lipinski definition) is 5. The van der Waals surface area contributed by atoms with Crippen LogP contribution in [0.1, 0.15) is 5.69 Å². The molecule has 5 heteroatoms. The minimum Gasteiger partial charge on any atom is -0.495 e. The average molecular weight is 285 g/mol. The second kappa shape index (κ2) is 5.09. The highest BCUT2D eigenvalue weighted by molar-refractivity contribution is 7.21. The van der Waals surface area contributed by atoms with Gasteiger partial charge in [0.05, 0.1) is 12.8 Å². The normalized spacial score (nSPS) is 10.8. The lowest BCUT2D eigenvalue weighted by molar-refractivity contribution is 0.417. The monoisotopic (exact) mass is 285 g/mol. The molecule has 0 aliphatic heterocycles. The zero-order valence-electron chi connectivity index (χ0n) is 11.6. The summed E-state index contributed by atoms with van der Waals surface area (Å²) in [5.41, 5.74) is 3.95. The van der Waals surface area contributed by atoms with Crippen molar-refractivity contribution in [1.29, 1.82) is 0 Å². The molecule has 3 rings (SSSR count). The number of ether oxygens (including phenoxy) is 1. The van der Waals surface area contributed by atoms with E-state index in [-0.39, 0.29) is 0 Å². The summed E-state index contributed by atoms with van der Waals surface area (Å²) in [4.78, 5) is 10.1. The van der Waals surface area contributed by atoms with E-state index in [1.807, 2.05) is 44.3 Å². The van der Waals surface area contributed by atoms with Gasteiger partial charge in [0.15, 0.2) is 0 Å². The maximum absolute atomic E-state index is 5.39. The molecule has 0 bridgehead atoms. The lowest BCUT2D eigenvalue weighted by Gasteiger charge is -2.08. The van der Waals surface area contributed by atoms with Crippen LogP contribution in [-0.2, 0) is 0 Å². The Labute approximate surface area is 121 Å². The summed E-state index contributed by atoms with van der Waals surface area (Å²) < 4.78 is 5.39. The number of anilines is 1. The van der Waals surface area contributed by atoms with Crippen molar-refractivity contribution in [2.45, 2.75) is 6.92 Å². The number of pyridine rings is 1. The van der Waals surface area contributed by atoms with Crippen LogP contribution in [0, 0.1) is 6.92 Å². The first-order valence-electron chi connectivity index (χ1n) is 6.31. The Bertz CT molecular complexity index is 767. The lowest BCUT2D eigenvalue weighted by Crippen LogP contribution is -1.93. The first kappa shape index (κ1) is 12.9. The van der Waals surface area contributed by atoms with Crippen LogP contribution >= 0.6 is 11.3 Å². The number of nitrogens with zero attached hydrogens (tertiary/aromatic N) is 2. The summed E-state index contributed by atoms with van der Waals surface area (Å²) in [5, 5.41) is 4.06. The van der Waals surface area contributed by atoms with Gasteiger partial charge >= 0.3 is 0 Å². The van der Waals surface area contributed by atoms with Gasteiger partial charge in [-0.15, -0.1) is 0 Å². The fourth-order valence-electron chi connectivity index (χ4n) is 2.06. The summed E-state index contributed by atoms with van der Waals surface area (Å²) in [6, 6.07) is 10.0. The predicted octanol–water partition coefficient (Wildman–Crippen LogP) is 3.72. The third-order valence-corrected chi connectivity index (χ3v) is 4.13. The number of rotatable bonds is 3. The van der Waals surface area contributed by atoms with Crippen LogP contribution in [0.2, 0.25) is 0 Å². The van der Waals surface area contributed by atoms with Crippen molar-refractivity contribution < 1.29 is 4.74 Å². The van der Waals surface area contributed by atoms with E-state index in [2.05, 4.69) is 15.3 Å². The van der Waals surface area contributed by atoms with Crippen LogP contribution in [0.4, 0.5) is 5.69 Å². The number of nitrogens with one attached hydrogen (secondary N) is 1. The lowest BCUT2D eigenvalue weighted by atomic mass is 10.2. The smallest absolute Gasteiger partial charge is 0.144 e. The highest BCUT2D eigenvalue weighted by Crippen LogP contribution is 2.34. The van der Waals surface area contributed by atoms with Gasteiger partial charge in [-0.2, -0.15) is 0 Å². The number of methoxy groups -OCH3 is 1. The van der Waals surface area contributed by atoms with Crippen LogP contribution < -0.4 is 10.1 Å². The molecule has 0 aliphatic rings. The van der Waals surface area contributed by atoms with Crippen molar-refractivity contribution in [3.8, 4) is 16.3 Å². The molecule has 0 fully saturated rings. The van der Waals surface area contributed by atoms with Crippen molar-refractivity contribution in [3.05, 3.63) is 36.0 Å². The third kappa shape index (κ3) is 2.20. The Morgan fingerprint density at radius 1 is 1.15 bits per heavy atom. The van der Waals surface area contributed by atoms with Crippen molar-refractivity contribution in [2.75, 3.05) is 19.5 Å². The van der Waals surface area contributed by atoms with Gasteiger partial charge in [-0.05, 0) is 37.3 Å². The summed E-state index contributed by atoms with van der Waals surface area (Å²) >= 11 is 1.60. The molecule has 2 heterocycles. The molecule has 20 heavy (non-hydrogen) atoms. The number of aromatic nitrogens is 2. The van der Waals surface area contributed by atoms with Crippen LogP contribution in [0.25, 0.3) is 20.9 Å². The first-order chi connectivity index (χ1) is 9.71. The van der Waals surface area contributed by atoms with Crippen LogP contribution in [-0.4, -0.2) is 24.1 Å². The van der Waals surface area contributed by atoms with E-state index in [1.54, 1.807) is 18.4 Å². The van der Waals surface area contributed by atoms with E-state index in [1.165, 1.54) is 0 Å². The third-order valence-electron chi connectivity index (χ3n) is 3.11. The number of aryl methyl sites for hydroxylation is 1. The van der Waals surface area contributed by atoms with Crippen molar-refractivity contribution in [2.24, 2.45) is 0 Å². The molecule has 3 aromatic rings. The fourth-order valence-corrected chi connectivity index (χ4v) is 3.04. The Balaban J connectivity index is 2.10. The molecule has 0 unspecified atom stereocenters. The highest BCUT2D eigenvalue weighted by atomic mass is 32.1. The minimum atomic E-state index is 0.813. The van der Waals surface area contributed by atoms with E-state index in [0.717, 1.165) is 38.0 Å². The summed E-state index contributed by atoms with van der Waals surface area (Å²) in [6.07, 6.45) is 0. The topological polar surface area (TPSA) is 47.0 Å². The molecular weight excluding hydrogens is 270 g/mol. The van der Waals surface area contributed by atoms with Gasteiger partial charge in [0.1, 0.15) is 21.1 Å². The molecule has 2 aromatic heterocycles.